The summed E-state index contributed by atoms with van der Waals surface area (Å²) in [5.74, 6) is 0.470. The van der Waals surface area contributed by atoms with Crippen LogP contribution in [-0.4, -0.2) is 43.5 Å². The van der Waals surface area contributed by atoms with Crippen molar-refractivity contribution >= 4 is 20.9 Å². The van der Waals surface area contributed by atoms with Crippen LogP contribution in [0.15, 0.2) is 65.7 Å². The highest BCUT2D eigenvalue weighted by Crippen LogP contribution is 2.35. The lowest BCUT2D eigenvalue weighted by Gasteiger charge is -2.39. The second-order valence-electron chi connectivity index (χ2n) is 8.82. The average Bonchev–Trinajstić information content (AvgIpc) is 3.24. The van der Waals surface area contributed by atoms with Gasteiger partial charge in [-0.15, -0.1) is 0 Å². The molecule has 0 aliphatic heterocycles. The van der Waals surface area contributed by atoms with Crippen molar-refractivity contribution in [3.8, 4) is 6.07 Å². The molecule has 0 bridgehead atoms. The van der Waals surface area contributed by atoms with Gasteiger partial charge in [0, 0.05) is 18.2 Å². The molecule has 0 atom stereocenters. The van der Waals surface area contributed by atoms with Gasteiger partial charge in [-0.05, 0) is 81.6 Å². The lowest BCUT2D eigenvalue weighted by molar-refractivity contribution is 0.0492. The van der Waals surface area contributed by atoms with Gasteiger partial charge in [0.2, 0.25) is 0 Å². The van der Waals surface area contributed by atoms with E-state index in [2.05, 4.69) is 6.07 Å². The summed E-state index contributed by atoms with van der Waals surface area (Å²) in [6.07, 6.45) is 5.33. The summed E-state index contributed by atoms with van der Waals surface area (Å²) < 4.78 is 33.3. The van der Waals surface area contributed by atoms with Crippen molar-refractivity contribution in [1.29, 1.82) is 5.26 Å². The number of rotatable bonds is 7. The van der Waals surface area contributed by atoms with Gasteiger partial charge >= 0.3 is 0 Å². The number of benzene rings is 2. The molecule has 0 spiro atoms. The van der Waals surface area contributed by atoms with Crippen LogP contribution in [0.2, 0.25) is 0 Å². The molecule has 1 aromatic heterocycles. The zero-order chi connectivity index (χ0) is 22.8. The van der Waals surface area contributed by atoms with E-state index in [9.17, 15) is 13.7 Å². The first kappa shape index (κ1) is 22.5. The molecule has 0 unspecified atom stereocenters. The van der Waals surface area contributed by atoms with E-state index in [0.717, 1.165) is 36.6 Å². The van der Waals surface area contributed by atoms with Crippen molar-refractivity contribution in [2.75, 3.05) is 20.7 Å². The predicted molar refractivity (Wildman–Crippen MR) is 125 cm³/mol. The van der Waals surface area contributed by atoms with Gasteiger partial charge in [-0.25, -0.2) is 12.4 Å². The van der Waals surface area contributed by atoms with Crippen LogP contribution in [0.25, 0.3) is 10.9 Å². The third-order valence-electron chi connectivity index (χ3n) is 6.64. The second-order valence-corrected chi connectivity index (χ2v) is 10.6. The van der Waals surface area contributed by atoms with E-state index >= 15 is 0 Å². The van der Waals surface area contributed by atoms with Crippen LogP contribution in [0.4, 0.5) is 0 Å². The van der Waals surface area contributed by atoms with Gasteiger partial charge < -0.3 is 4.74 Å². The van der Waals surface area contributed by atoms with E-state index in [0.29, 0.717) is 24.6 Å². The molecule has 6 nitrogen and oxygen atoms in total. The summed E-state index contributed by atoms with van der Waals surface area (Å²) in [4.78, 5) is 2.32. The largest absolute Gasteiger partial charge is 0.376 e. The van der Waals surface area contributed by atoms with Gasteiger partial charge in [0.1, 0.15) is 5.54 Å². The molecular weight excluding hydrogens is 422 g/mol. The van der Waals surface area contributed by atoms with Gasteiger partial charge in [-0.1, -0.05) is 24.3 Å². The molecule has 0 radical (unpaired) electrons. The molecule has 3 aromatic rings. The van der Waals surface area contributed by atoms with Gasteiger partial charge in [-0.3, -0.25) is 4.90 Å². The normalized spacial score (nSPS) is 21.6. The number of ether oxygens (including phenoxy) is 1. The predicted octanol–water partition coefficient (Wildman–Crippen LogP) is 4.41. The Morgan fingerprint density at radius 3 is 2.50 bits per heavy atom. The van der Waals surface area contributed by atoms with Gasteiger partial charge in [0.25, 0.3) is 10.0 Å². The van der Waals surface area contributed by atoms with E-state index in [4.69, 9.17) is 4.74 Å². The fourth-order valence-electron chi connectivity index (χ4n) is 4.50. The highest BCUT2D eigenvalue weighted by molar-refractivity contribution is 7.90. The molecule has 1 heterocycles. The summed E-state index contributed by atoms with van der Waals surface area (Å²) >= 11 is 0. The Morgan fingerprint density at radius 2 is 1.84 bits per heavy atom. The monoisotopic (exact) mass is 451 g/mol. The molecule has 1 fully saturated rings. The number of fused-ring (bicyclic) bond motifs is 1. The smallest absolute Gasteiger partial charge is 0.268 e. The fourth-order valence-corrected chi connectivity index (χ4v) is 5.87. The Morgan fingerprint density at radius 1 is 1.12 bits per heavy atom. The van der Waals surface area contributed by atoms with Gasteiger partial charge in [0.05, 0.1) is 23.1 Å². The minimum absolute atomic E-state index is 0.270. The third-order valence-corrected chi connectivity index (χ3v) is 8.34. The van der Waals surface area contributed by atoms with Crippen molar-refractivity contribution in [2.45, 2.75) is 42.7 Å². The van der Waals surface area contributed by atoms with Crippen LogP contribution in [0.3, 0.4) is 0 Å². The minimum atomic E-state index is -3.63. The molecule has 32 heavy (non-hydrogen) atoms. The summed E-state index contributed by atoms with van der Waals surface area (Å²) in [5.41, 5.74) is 1.33. The molecule has 7 heteroatoms. The first-order valence-corrected chi connectivity index (χ1v) is 12.4. The van der Waals surface area contributed by atoms with Crippen LogP contribution in [-0.2, 0) is 21.4 Å². The molecular formula is C25H29N3O3S. The summed E-state index contributed by atoms with van der Waals surface area (Å²) in [6.45, 7) is 1.16. The minimum Gasteiger partial charge on any atom is -0.376 e. The molecule has 0 saturated heterocycles. The standard InChI is InChI=1S/C25H29N3O3S/c1-27(2)25(19-26)13-10-20(11-14-25)17-31-18-21-8-9-24-22(16-21)12-15-28(24)32(29,30)23-6-4-3-5-7-23/h3-9,12,15-16,20H,10-11,13-14,17-18H2,1-2H3. The molecule has 1 aliphatic carbocycles. The molecule has 168 valence electrons. The highest BCUT2D eigenvalue weighted by atomic mass is 32.2. The van der Waals surface area contributed by atoms with Crippen LogP contribution in [0, 0.1) is 17.2 Å². The van der Waals surface area contributed by atoms with E-state index in [1.165, 1.54) is 3.97 Å². The Labute approximate surface area is 190 Å². The first-order valence-electron chi connectivity index (χ1n) is 10.9. The zero-order valence-electron chi connectivity index (χ0n) is 18.6. The highest BCUT2D eigenvalue weighted by Gasteiger charge is 2.37. The Bertz CT molecular complexity index is 1220. The molecule has 1 aliphatic rings. The van der Waals surface area contributed by atoms with Crippen LogP contribution in [0.5, 0.6) is 0 Å². The second kappa shape index (κ2) is 9.07. The van der Waals surface area contributed by atoms with Crippen molar-refractivity contribution in [3.63, 3.8) is 0 Å². The summed E-state index contributed by atoms with van der Waals surface area (Å²) in [5, 5.41) is 10.4. The molecule has 0 N–H and O–H groups in total. The van der Waals surface area contributed by atoms with Crippen LogP contribution < -0.4 is 0 Å². The topological polar surface area (TPSA) is 75.3 Å². The van der Waals surface area contributed by atoms with Gasteiger partial charge in [0.15, 0.2) is 0 Å². The van der Waals surface area contributed by atoms with E-state index in [1.54, 1.807) is 36.5 Å². The van der Waals surface area contributed by atoms with Crippen molar-refractivity contribution in [3.05, 3.63) is 66.4 Å². The zero-order valence-corrected chi connectivity index (χ0v) is 19.4. The third kappa shape index (κ3) is 4.31. The average molecular weight is 452 g/mol. The van der Waals surface area contributed by atoms with E-state index in [-0.39, 0.29) is 10.4 Å². The summed E-state index contributed by atoms with van der Waals surface area (Å²) in [7, 11) is 0.336. The fraction of sp³-hybridized carbons (Fsp3) is 0.400. The Kier molecular flexibility index (Phi) is 6.38. The molecule has 2 aromatic carbocycles. The number of aromatic nitrogens is 1. The maximum absolute atomic E-state index is 13.0. The van der Waals surface area contributed by atoms with Crippen LogP contribution >= 0.6 is 0 Å². The number of nitriles is 1. The number of hydrogen-bond acceptors (Lipinski definition) is 5. The molecule has 4 rings (SSSR count). The Balaban J connectivity index is 1.38. The molecule has 0 amide bonds. The summed E-state index contributed by atoms with van der Waals surface area (Å²) in [6, 6.07) is 18.5. The lowest BCUT2D eigenvalue weighted by Crippen LogP contribution is -2.46. The Hall–Kier alpha value is -2.66. The maximum atomic E-state index is 13.0. The van der Waals surface area contributed by atoms with E-state index < -0.39 is 10.0 Å². The number of nitrogens with zero attached hydrogens (tertiary/aromatic N) is 3. The SMILES string of the molecule is CN(C)C1(C#N)CCC(COCc2ccc3c(ccn3S(=O)(=O)c3ccccc3)c2)CC1. The quantitative estimate of drug-likeness (QED) is 0.532. The van der Waals surface area contributed by atoms with Gasteiger partial charge in [-0.2, -0.15) is 5.26 Å². The lowest BCUT2D eigenvalue weighted by atomic mass is 9.77. The van der Waals surface area contributed by atoms with Crippen molar-refractivity contribution in [1.82, 2.24) is 8.87 Å². The van der Waals surface area contributed by atoms with Crippen molar-refractivity contribution in [2.24, 2.45) is 5.92 Å². The number of hydrogen-bond donors (Lipinski definition) is 0. The van der Waals surface area contributed by atoms with Crippen molar-refractivity contribution < 1.29 is 13.2 Å². The first-order chi connectivity index (χ1) is 15.4. The van der Waals surface area contributed by atoms with E-state index in [1.807, 2.05) is 43.3 Å². The maximum Gasteiger partial charge on any atom is 0.268 e. The molecule has 1 saturated carbocycles. The van der Waals surface area contributed by atoms with Crippen LogP contribution in [0.1, 0.15) is 31.2 Å².